The van der Waals surface area contributed by atoms with E-state index in [9.17, 15) is 33.6 Å². The average molecular weight is 773 g/mol. The lowest BCUT2D eigenvalue weighted by atomic mass is 10.0. The molecule has 0 saturated carbocycles. The van der Waals surface area contributed by atoms with Gasteiger partial charge < -0.3 is 46.5 Å². The number of aromatic nitrogens is 1. The van der Waals surface area contributed by atoms with Gasteiger partial charge in [0.1, 0.15) is 35.5 Å². The highest BCUT2D eigenvalue weighted by Gasteiger charge is 2.38. The molecule has 0 radical (unpaired) electrons. The fraction of sp³-hybridized carbons (Fsp3) is 0.475. The van der Waals surface area contributed by atoms with Crippen molar-refractivity contribution in [1.82, 2.24) is 41.8 Å². The molecule has 3 heterocycles. The molecule has 4 atom stereocenters. The van der Waals surface area contributed by atoms with Crippen LogP contribution in [0.15, 0.2) is 54.7 Å². The molecule has 1 aromatic heterocycles. The number of hydrogen-bond acceptors (Lipinski definition) is 8. The number of rotatable bonds is 6. The van der Waals surface area contributed by atoms with E-state index in [1.54, 1.807) is 44.3 Å². The second kappa shape index (κ2) is 18.1. The van der Waals surface area contributed by atoms with Crippen molar-refractivity contribution in [1.29, 1.82) is 0 Å². The molecule has 2 aliphatic rings. The zero-order valence-corrected chi connectivity index (χ0v) is 32.5. The van der Waals surface area contributed by atoms with E-state index in [2.05, 4.69) is 36.9 Å². The lowest BCUT2D eigenvalue weighted by Crippen LogP contribution is -2.56. The minimum Gasteiger partial charge on any atom is -0.488 e. The summed E-state index contributed by atoms with van der Waals surface area (Å²) >= 11 is 0. The maximum Gasteiger partial charge on any atom is 0.246 e. The number of ether oxygens (including phenoxy) is 1. The molecular formula is C40H52N8O8. The van der Waals surface area contributed by atoms with Crippen molar-refractivity contribution in [3.63, 3.8) is 0 Å². The van der Waals surface area contributed by atoms with Gasteiger partial charge in [0.05, 0.1) is 19.6 Å². The van der Waals surface area contributed by atoms with Gasteiger partial charge in [0, 0.05) is 36.5 Å². The molecule has 3 unspecified atom stereocenters. The molecule has 0 bridgehead atoms. The van der Waals surface area contributed by atoms with Gasteiger partial charge in [0.2, 0.25) is 41.4 Å². The van der Waals surface area contributed by atoms with Crippen LogP contribution in [-0.2, 0) is 46.4 Å². The van der Waals surface area contributed by atoms with E-state index in [4.69, 9.17) is 4.74 Å². The molecule has 56 heavy (non-hydrogen) atoms. The molecule has 5 rings (SSSR count). The molecule has 0 aliphatic carbocycles. The Balaban J connectivity index is 1.41. The van der Waals surface area contributed by atoms with E-state index in [-0.39, 0.29) is 25.3 Å². The maximum absolute atomic E-state index is 14.2. The number of amides is 7. The van der Waals surface area contributed by atoms with Crippen molar-refractivity contribution in [2.45, 2.75) is 90.1 Å². The first-order valence-corrected chi connectivity index (χ1v) is 18.9. The third kappa shape index (κ3) is 11.1. The number of aromatic amines is 1. The highest BCUT2D eigenvalue weighted by Crippen LogP contribution is 2.23. The van der Waals surface area contributed by atoms with Crippen molar-refractivity contribution < 1.29 is 38.3 Å². The van der Waals surface area contributed by atoms with Crippen LogP contribution >= 0.6 is 0 Å². The number of H-pyrrole nitrogens is 1. The zero-order chi connectivity index (χ0) is 40.6. The Kier molecular flexibility index (Phi) is 13.4. The molecule has 2 aromatic carbocycles. The number of para-hydroxylation sites is 1. The van der Waals surface area contributed by atoms with Crippen LogP contribution in [0.4, 0.5) is 0 Å². The van der Waals surface area contributed by atoms with E-state index in [0.717, 1.165) is 16.5 Å². The molecule has 2 fully saturated rings. The number of carbonyl (C=O) groups excluding carboxylic acids is 7. The van der Waals surface area contributed by atoms with E-state index >= 15 is 0 Å². The van der Waals surface area contributed by atoms with Gasteiger partial charge in [0.15, 0.2) is 0 Å². The van der Waals surface area contributed by atoms with E-state index in [1.807, 2.05) is 45.0 Å². The first-order valence-electron chi connectivity index (χ1n) is 18.9. The average Bonchev–Trinajstić information content (AvgIpc) is 3.81. The van der Waals surface area contributed by atoms with Gasteiger partial charge in [-0.3, -0.25) is 33.6 Å². The van der Waals surface area contributed by atoms with Crippen molar-refractivity contribution in [3.05, 3.63) is 65.9 Å². The molecule has 16 nitrogen and oxygen atoms in total. The third-order valence-electron chi connectivity index (χ3n) is 9.54. The summed E-state index contributed by atoms with van der Waals surface area (Å²) in [4.78, 5) is 98.7. The number of carbonyl (C=O) groups is 7. The fourth-order valence-electron chi connectivity index (χ4n) is 6.82. The molecule has 7 N–H and O–H groups in total. The molecule has 300 valence electrons. The number of hydrogen-bond donors (Lipinski definition) is 7. The van der Waals surface area contributed by atoms with Crippen LogP contribution in [0.3, 0.4) is 0 Å². The van der Waals surface area contributed by atoms with Gasteiger partial charge in [-0.15, -0.1) is 0 Å². The van der Waals surface area contributed by atoms with Crippen molar-refractivity contribution in [2.24, 2.45) is 5.92 Å². The largest absolute Gasteiger partial charge is 0.488 e. The second-order valence-corrected chi connectivity index (χ2v) is 15.5. The highest BCUT2D eigenvalue weighted by molar-refractivity contribution is 5.97. The Bertz CT molecular complexity index is 1940. The Morgan fingerprint density at radius 2 is 1.34 bits per heavy atom. The predicted molar refractivity (Wildman–Crippen MR) is 207 cm³/mol. The van der Waals surface area contributed by atoms with Gasteiger partial charge in [-0.2, -0.15) is 0 Å². The quantitative estimate of drug-likeness (QED) is 0.188. The maximum atomic E-state index is 14.2. The van der Waals surface area contributed by atoms with Crippen molar-refractivity contribution in [3.8, 4) is 5.75 Å². The van der Waals surface area contributed by atoms with E-state index < -0.39 is 90.8 Å². The van der Waals surface area contributed by atoms with Gasteiger partial charge in [0.25, 0.3) is 0 Å². The monoisotopic (exact) mass is 772 g/mol. The zero-order valence-electron chi connectivity index (χ0n) is 32.5. The van der Waals surface area contributed by atoms with Crippen molar-refractivity contribution >= 4 is 52.3 Å². The van der Waals surface area contributed by atoms with Crippen LogP contribution in [0.25, 0.3) is 10.9 Å². The molecule has 0 spiro atoms. The molecule has 16 heteroatoms. The number of benzene rings is 2. The van der Waals surface area contributed by atoms with Gasteiger partial charge in [-0.1, -0.05) is 44.2 Å². The number of fused-ring (bicyclic) bond motifs is 2. The molecule has 3 aromatic rings. The fourth-order valence-corrected chi connectivity index (χ4v) is 6.82. The summed E-state index contributed by atoms with van der Waals surface area (Å²) in [5, 5.41) is 16.6. The van der Waals surface area contributed by atoms with Crippen LogP contribution in [-0.4, -0.2) is 107 Å². The van der Waals surface area contributed by atoms with Gasteiger partial charge in [-0.25, -0.2) is 0 Å². The molecule has 2 saturated heterocycles. The standard InChI is InChI=1S/C40H52N8O8/c1-23(2)35-38(54)44-21-32(49)45-29(17-24-12-14-26(15-13-24)56-40(3,4)5)36(52)42-20-33(50)46-30(18-25-19-41-28-10-7-6-9-27(25)28)39(55)48-16-8-11-31(48)37(53)43-22-34(51)47-35/h6-7,9-10,12-15,19,23,29-31,35,41H,8,11,16-18,20-22H2,1-5H3,(H,42,52)(H,43,53)(H,44,54)(H,45,49)(H,46,50)(H,47,51)/t29-,30?,31?,35?/m1/s1. The lowest BCUT2D eigenvalue weighted by molar-refractivity contribution is -0.141. The summed E-state index contributed by atoms with van der Waals surface area (Å²) in [6.07, 6.45) is 2.74. The number of nitrogens with zero attached hydrogens (tertiary/aromatic N) is 1. The summed E-state index contributed by atoms with van der Waals surface area (Å²) in [5.41, 5.74) is 1.85. The first-order chi connectivity index (χ1) is 26.6. The van der Waals surface area contributed by atoms with Crippen molar-refractivity contribution in [2.75, 3.05) is 26.2 Å². The predicted octanol–water partition coefficient (Wildman–Crippen LogP) is 0.594. The van der Waals surface area contributed by atoms with Gasteiger partial charge in [-0.05, 0) is 68.9 Å². The summed E-state index contributed by atoms with van der Waals surface area (Å²) in [5.74, 6) is -4.12. The second-order valence-electron chi connectivity index (χ2n) is 15.5. The van der Waals surface area contributed by atoms with Crippen LogP contribution in [0.1, 0.15) is 58.6 Å². The molecule has 7 amide bonds. The molecular weight excluding hydrogens is 720 g/mol. The van der Waals surface area contributed by atoms with Gasteiger partial charge >= 0.3 is 0 Å². The van der Waals surface area contributed by atoms with Crippen LogP contribution < -0.4 is 36.6 Å². The minimum atomic E-state index is -1.16. The Labute approximate surface area is 325 Å². The Hall–Kier alpha value is -5.93. The topological polar surface area (TPSA) is 220 Å². The SMILES string of the molecule is CC(C)C1NC(=O)CNC(=O)C2CCCN2C(=O)C(Cc2c[nH]c3ccccc23)NC(=O)CNC(=O)[C@@H](Cc2ccc(OC(C)(C)C)cc2)NC(=O)CNC1=O. The summed E-state index contributed by atoms with van der Waals surface area (Å²) < 4.78 is 5.90. The molecule has 2 aliphatic heterocycles. The lowest BCUT2D eigenvalue weighted by Gasteiger charge is -2.29. The summed E-state index contributed by atoms with van der Waals surface area (Å²) in [6, 6.07) is 10.3. The smallest absolute Gasteiger partial charge is 0.246 e. The normalized spacial score (nSPS) is 22.6. The first kappa shape index (κ1) is 41.2. The Morgan fingerprint density at radius 1 is 0.732 bits per heavy atom. The van der Waals surface area contributed by atoms with Crippen LogP contribution in [0.2, 0.25) is 0 Å². The van der Waals surface area contributed by atoms with Crippen LogP contribution in [0, 0.1) is 5.92 Å². The summed E-state index contributed by atoms with van der Waals surface area (Å²) in [6.45, 7) is 7.95. The van der Waals surface area contributed by atoms with E-state index in [1.165, 1.54) is 4.90 Å². The van der Waals surface area contributed by atoms with E-state index in [0.29, 0.717) is 24.2 Å². The number of nitrogens with one attached hydrogen (secondary N) is 7. The van der Waals surface area contributed by atoms with Crippen LogP contribution in [0.5, 0.6) is 5.75 Å². The summed E-state index contributed by atoms with van der Waals surface area (Å²) in [7, 11) is 0. The highest BCUT2D eigenvalue weighted by atomic mass is 16.5. The Morgan fingerprint density at radius 3 is 2.00 bits per heavy atom. The minimum absolute atomic E-state index is 0.0344. The third-order valence-corrected chi connectivity index (χ3v) is 9.54.